The summed E-state index contributed by atoms with van der Waals surface area (Å²) in [4.78, 5) is 32.3. The third kappa shape index (κ3) is 5.29. The smallest absolute Gasteiger partial charge is 0.254 e. The zero-order valence-electron chi connectivity index (χ0n) is 19.5. The van der Waals surface area contributed by atoms with Gasteiger partial charge in [0.2, 0.25) is 15.9 Å². The normalized spacial score (nSPS) is 19.6. The van der Waals surface area contributed by atoms with Crippen molar-refractivity contribution < 1.29 is 22.7 Å². The second-order valence-corrected chi connectivity index (χ2v) is 10.7. The van der Waals surface area contributed by atoms with E-state index >= 15 is 0 Å². The number of aromatic nitrogens is 1. The van der Waals surface area contributed by atoms with Crippen molar-refractivity contribution in [3.8, 4) is 0 Å². The number of rotatable bonds is 5. The molecule has 34 heavy (non-hydrogen) atoms. The summed E-state index contributed by atoms with van der Waals surface area (Å²) in [6.45, 7) is 5.72. The second-order valence-electron chi connectivity index (χ2n) is 8.74. The summed E-state index contributed by atoms with van der Waals surface area (Å²) in [7, 11) is -3.72. The monoisotopic (exact) mass is 486 g/mol. The molecule has 1 aromatic carbocycles. The molecule has 0 saturated carbocycles. The molecular weight excluding hydrogens is 456 g/mol. The maximum atomic E-state index is 13.4. The lowest BCUT2D eigenvalue weighted by Crippen LogP contribution is -2.44. The van der Waals surface area contributed by atoms with Crippen molar-refractivity contribution in [1.29, 1.82) is 0 Å². The van der Waals surface area contributed by atoms with Crippen molar-refractivity contribution in [3.05, 3.63) is 53.2 Å². The van der Waals surface area contributed by atoms with Gasteiger partial charge in [-0.25, -0.2) is 13.4 Å². The van der Waals surface area contributed by atoms with E-state index in [0.29, 0.717) is 49.5 Å². The van der Waals surface area contributed by atoms with Crippen LogP contribution in [-0.4, -0.2) is 73.8 Å². The van der Waals surface area contributed by atoms with Gasteiger partial charge in [0.25, 0.3) is 5.91 Å². The van der Waals surface area contributed by atoms with E-state index in [-0.39, 0.29) is 42.3 Å². The number of anilines is 1. The van der Waals surface area contributed by atoms with Gasteiger partial charge < -0.3 is 15.0 Å². The highest BCUT2D eigenvalue weighted by molar-refractivity contribution is 7.89. The number of carbonyl (C=O) groups is 2. The van der Waals surface area contributed by atoms with Crippen molar-refractivity contribution in [2.75, 3.05) is 44.7 Å². The molecule has 2 aliphatic heterocycles. The van der Waals surface area contributed by atoms with Crippen molar-refractivity contribution in [2.24, 2.45) is 5.92 Å². The highest BCUT2D eigenvalue weighted by atomic mass is 32.2. The van der Waals surface area contributed by atoms with Crippen LogP contribution in [0.1, 0.15) is 34.5 Å². The van der Waals surface area contributed by atoms with Gasteiger partial charge in [-0.05, 0) is 56.5 Å². The van der Waals surface area contributed by atoms with Gasteiger partial charge >= 0.3 is 0 Å². The Morgan fingerprint density at radius 3 is 2.59 bits per heavy atom. The van der Waals surface area contributed by atoms with Crippen LogP contribution >= 0.6 is 0 Å². The lowest BCUT2D eigenvalue weighted by molar-refractivity contribution is -0.121. The molecule has 2 aliphatic rings. The van der Waals surface area contributed by atoms with Gasteiger partial charge in [0.15, 0.2) is 0 Å². The molecule has 10 heteroatoms. The topological polar surface area (TPSA) is 109 Å². The van der Waals surface area contributed by atoms with E-state index in [0.717, 1.165) is 5.69 Å². The van der Waals surface area contributed by atoms with Gasteiger partial charge in [-0.2, -0.15) is 4.31 Å². The number of sulfonamides is 1. The lowest BCUT2D eigenvalue weighted by atomic mass is 9.96. The largest absolute Gasteiger partial charge is 0.379 e. The predicted molar refractivity (Wildman–Crippen MR) is 127 cm³/mol. The van der Waals surface area contributed by atoms with Crippen LogP contribution in [0.2, 0.25) is 0 Å². The molecule has 0 aliphatic carbocycles. The van der Waals surface area contributed by atoms with Crippen LogP contribution in [0.3, 0.4) is 0 Å². The zero-order chi connectivity index (χ0) is 24.3. The Kier molecular flexibility index (Phi) is 7.30. The summed E-state index contributed by atoms with van der Waals surface area (Å²) >= 11 is 0. The zero-order valence-corrected chi connectivity index (χ0v) is 20.3. The number of piperidine rings is 1. The molecule has 0 spiro atoms. The van der Waals surface area contributed by atoms with Crippen LogP contribution in [0.25, 0.3) is 0 Å². The molecule has 182 valence electrons. The van der Waals surface area contributed by atoms with Crippen molar-refractivity contribution >= 4 is 27.7 Å². The molecule has 9 nitrogen and oxygen atoms in total. The molecule has 1 unspecified atom stereocenters. The number of benzene rings is 1. The minimum atomic E-state index is -3.72. The minimum Gasteiger partial charge on any atom is -0.379 e. The summed E-state index contributed by atoms with van der Waals surface area (Å²) in [5.41, 5.74) is 1.85. The number of ether oxygens (including phenoxy) is 1. The van der Waals surface area contributed by atoms with Gasteiger partial charge in [0.05, 0.1) is 24.0 Å². The molecular formula is C24H30N4O5S. The number of morpholine rings is 1. The first-order chi connectivity index (χ1) is 16.3. The van der Waals surface area contributed by atoms with Crippen molar-refractivity contribution in [1.82, 2.24) is 14.2 Å². The molecule has 1 atom stereocenters. The minimum absolute atomic E-state index is 0.0974. The molecule has 4 rings (SSSR count). The fourth-order valence-electron chi connectivity index (χ4n) is 4.31. The summed E-state index contributed by atoms with van der Waals surface area (Å²) in [5.74, 6) is -0.301. The Morgan fingerprint density at radius 2 is 1.85 bits per heavy atom. The van der Waals surface area contributed by atoms with Gasteiger partial charge in [-0.1, -0.05) is 12.1 Å². The Bertz CT molecular complexity index is 1180. The molecule has 0 bridgehead atoms. The Balaban J connectivity index is 1.49. The standard InChI is InChI=1S/C24H30N4O5S/c1-17-8-9-20(34(31,32)28-11-13-33-14-12-28)15-21(17)24(30)27-10-4-6-19(16-27)23(29)26-22-7-3-5-18(2)25-22/h3,5,7-9,15,19H,4,6,10-14,16H2,1-2H3,(H,25,26,29). The molecule has 2 saturated heterocycles. The average molecular weight is 487 g/mol. The number of hydrogen-bond donors (Lipinski definition) is 1. The summed E-state index contributed by atoms with van der Waals surface area (Å²) in [6.07, 6.45) is 1.36. The van der Waals surface area contributed by atoms with Crippen LogP contribution in [-0.2, 0) is 19.6 Å². The fraction of sp³-hybridized carbons (Fsp3) is 0.458. The second kappa shape index (κ2) is 10.2. The number of amides is 2. The van der Waals surface area contributed by atoms with E-state index in [9.17, 15) is 18.0 Å². The van der Waals surface area contributed by atoms with Crippen molar-refractivity contribution in [2.45, 2.75) is 31.6 Å². The third-order valence-corrected chi connectivity index (χ3v) is 8.16. The molecule has 1 aromatic heterocycles. The van der Waals surface area contributed by atoms with Crippen molar-refractivity contribution in [3.63, 3.8) is 0 Å². The highest BCUT2D eigenvalue weighted by Gasteiger charge is 2.31. The molecule has 1 N–H and O–H groups in total. The highest BCUT2D eigenvalue weighted by Crippen LogP contribution is 2.25. The number of nitrogens with one attached hydrogen (secondary N) is 1. The molecule has 0 radical (unpaired) electrons. The van der Waals surface area contributed by atoms with Crippen LogP contribution in [0, 0.1) is 19.8 Å². The fourth-order valence-corrected chi connectivity index (χ4v) is 5.75. The molecule has 3 heterocycles. The van der Waals surface area contributed by atoms with Crippen LogP contribution in [0.4, 0.5) is 5.82 Å². The maximum Gasteiger partial charge on any atom is 0.254 e. The summed E-state index contributed by atoms with van der Waals surface area (Å²) in [5, 5.41) is 2.85. The molecule has 2 fully saturated rings. The molecule has 2 amide bonds. The Morgan fingerprint density at radius 1 is 1.09 bits per heavy atom. The van der Waals surface area contributed by atoms with Gasteiger partial charge in [0.1, 0.15) is 5.82 Å². The van der Waals surface area contributed by atoms with E-state index < -0.39 is 10.0 Å². The lowest BCUT2D eigenvalue weighted by Gasteiger charge is -2.32. The van der Waals surface area contributed by atoms with E-state index in [2.05, 4.69) is 10.3 Å². The number of likely N-dealkylation sites (tertiary alicyclic amines) is 1. The van der Waals surface area contributed by atoms with E-state index in [4.69, 9.17) is 4.74 Å². The van der Waals surface area contributed by atoms with Gasteiger partial charge in [0, 0.05) is 37.4 Å². The summed E-state index contributed by atoms with van der Waals surface area (Å²) < 4.78 is 32.8. The summed E-state index contributed by atoms with van der Waals surface area (Å²) in [6, 6.07) is 10.1. The SMILES string of the molecule is Cc1cccc(NC(=O)C2CCCN(C(=O)c3cc(S(=O)(=O)N4CCOCC4)ccc3C)C2)n1. The molecule has 2 aromatic rings. The Hall–Kier alpha value is -2.82. The number of pyridine rings is 1. The number of aryl methyl sites for hydroxylation is 2. The number of hydrogen-bond acceptors (Lipinski definition) is 6. The third-order valence-electron chi connectivity index (χ3n) is 6.27. The van der Waals surface area contributed by atoms with Gasteiger partial charge in [-0.15, -0.1) is 0 Å². The van der Waals surface area contributed by atoms with E-state index in [1.807, 2.05) is 19.1 Å². The first kappa shape index (κ1) is 24.3. The average Bonchev–Trinajstić information content (AvgIpc) is 2.84. The van der Waals surface area contributed by atoms with Gasteiger partial charge in [-0.3, -0.25) is 9.59 Å². The number of nitrogens with zero attached hydrogens (tertiary/aromatic N) is 3. The van der Waals surface area contributed by atoms with Crippen LogP contribution < -0.4 is 5.32 Å². The quantitative estimate of drug-likeness (QED) is 0.694. The van der Waals surface area contributed by atoms with E-state index in [1.165, 1.54) is 16.4 Å². The maximum absolute atomic E-state index is 13.4. The van der Waals surface area contributed by atoms with Crippen LogP contribution in [0.15, 0.2) is 41.3 Å². The first-order valence-electron chi connectivity index (χ1n) is 11.5. The number of carbonyl (C=O) groups excluding carboxylic acids is 2. The first-order valence-corrected chi connectivity index (χ1v) is 12.9. The Labute approximate surface area is 200 Å². The van der Waals surface area contributed by atoms with E-state index in [1.54, 1.807) is 24.0 Å². The van der Waals surface area contributed by atoms with Crippen LogP contribution in [0.5, 0.6) is 0 Å². The predicted octanol–water partition coefficient (Wildman–Crippen LogP) is 2.21.